The molecule has 0 aliphatic carbocycles. The summed E-state index contributed by atoms with van der Waals surface area (Å²) in [5.41, 5.74) is 0.602. The summed E-state index contributed by atoms with van der Waals surface area (Å²) >= 11 is 7.05. The maximum atomic E-state index is 12.6. The van der Waals surface area contributed by atoms with E-state index >= 15 is 0 Å². The maximum absolute atomic E-state index is 12.6. The SMILES string of the molecule is CCOC(=O)Cc1csc(NS(=O)(=O)c2ccc(Oc3cccc(Cl)c3C#N)cc2)n1. The van der Waals surface area contributed by atoms with Gasteiger partial charge in [0, 0.05) is 5.38 Å². The molecule has 31 heavy (non-hydrogen) atoms. The third-order valence-electron chi connectivity index (χ3n) is 3.85. The lowest BCUT2D eigenvalue weighted by Crippen LogP contribution is -2.13. The van der Waals surface area contributed by atoms with E-state index in [1.807, 2.05) is 6.07 Å². The number of nitriles is 1. The van der Waals surface area contributed by atoms with Crippen molar-refractivity contribution in [1.29, 1.82) is 5.26 Å². The van der Waals surface area contributed by atoms with E-state index in [2.05, 4.69) is 9.71 Å². The van der Waals surface area contributed by atoms with Crippen molar-refractivity contribution < 1.29 is 22.7 Å². The van der Waals surface area contributed by atoms with Gasteiger partial charge in [0.1, 0.15) is 23.1 Å². The fourth-order valence-corrected chi connectivity index (χ4v) is 4.65. The van der Waals surface area contributed by atoms with E-state index in [1.165, 1.54) is 24.3 Å². The van der Waals surface area contributed by atoms with Gasteiger partial charge in [0.05, 0.1) is 28.6 Å². The third kappa shape index (κ3) is 5.73. The number of ether oxygens (including phenoxy) is 2. The summed E-state index contributed by atoms with van der Waals surface area (Å²) in [6.45, 7) is 1.96. The van der Waals surface area contributed by atoms with Crippen LogP contribution in [0.1, 0.15) is 18.2 Å². The van der Waals surface area contributed by atoms with Crippen LogP contribution in [0.15, 0.2) is 52.7 Å². The fraction of sp³-hybridized carbons (Fsp3) is 0.150. The minimum atomic E-state index is -3.90. The Hall–Kier alpha value is -3.13. The van der Waals surface area contributed by atoms with Gasteiger partial charge in [0.25, 0.3) is 10.0 Å². The number of rotatable bonds is 8. The van der Waals surface area contributed by atoms with Crippen molar-refractivity contribution in [1.82, 2.24) is 4.98 Å². The average Bonchev–Trinajstić information content (AvgIpc) is 3.14. The molecule has 0 spiro atoms. The summed E-state index contributed by atoms with van der Waals surface area (Å²) in [5.74, 6) is 0.168. The highest BCUT2D eigenvalue weighted by Gasteiger charge is 2.18. The third-order valence-corrected chi connectivity index (χ3v) is 6.46. The van der Waals surface area contributed by atoms with Crippen molar-refractivity contribution in [3.63, 3.8) is 0 Å². The Balaban J connectivity index is 1.71. The Labute approximate surface area is 188 Å². The smallest absolute Gasteiger partial charge is 0.311 e. The Kier molecular flexibility index (Phi) is 7.12. The number of hydrogen-bond donors (Lipinski definition) is 1. The van der Waals surface area contributed by atoms with Crippen LogP contribution in [-0.4, -0.2) is 26.0 Å². The molecule has 3 rings (SSSR count). The zero-order chi connectivity index (χ0) is 22.4. The average molecular weight is 478 g/mol. The van der Waals surface area contributed by atoms with Crippen LogP contribution >= 0.6 is 22.9 Å². The first kappa shape index (κ1) is 22.6. The Bertz CT molecular complexity index is 1230. The number of nitrogens with zero attached hydrogens (tertiary/aromatic N) is 2. The highest BCUT2D eigenvalue weighted by atomic mass is 35.5. The van der Waals surface area contributed by atoms with Gasteiger partial charge in [0.2, 0.25) is 0 Å². The number of aromatic nitrogens is 1. The summed E-state index contributed by atoms with van der Waals surface area (Å²) < 4.78 is 38.1. The van der Waals surface area contributed by atoms with Crippen molar-refractivity contribution in [2.24, 2.45) is 0 Å². The number of thiazole rings is 1. The van der Waals surface area contributed by atoms with Gasteiger partial charge in [-0.1, -0.05) is 17.7 Å². The molecule has 8 nitrogen and oxygen atoms in total. The molecular formula is C20H16ClN3O5S2. The first-order chi connectivity index (χ1) is 14.8. The van der Waals surface area contributed by atoms with Crippen molar-refractivity contribution in [3.05, 3.63) is 64.1 Å². The quantitative estimate of drug-likeness (QED) is 0.478. The van der Waals surface area contributed by atoms with Crippen LogP contribution in [0, 0.1) is 11.3 Å². The summed E-state index contributed by atoms with van der Waals surface area (Å²) in [7, 11) is -3.90. The molecule has 0 saturated heterocycles. The molecular weight excluding hydrogens is 462 g/mol. The Morgan fingerprint density at radius 2 is 2.00 bits per heavy atom. The molecule has 0 fully saturated rings. The second-order valence-corrected chi connectivity index (χ2v) is 8.98. The second-order valence-electron chi connectivity index (χ2n) is 6.03. The molecule has 0 atom stereocenters. The van der Waals surface area contributed by atoms with Crippen LogP contribution in [0.5, 0.6) is 11.5 Å². The standard InChI is InChI=1S/C20H16ClN3O5S2/c1-2-28-19(25)10-13-12-30-20(23-13)24-31(26,27)15-8-6-14(7-9-15)29-18-5-3-4-17(21)16(18)11-22/h3-9,12H,2,10H2,1H3,(H,23,24). The van der Waals surface area contributed by atoms with Gasteiger partial charge in [-0.3, -0.25) is 9.52 Å². The number of nitrogens with one attached hydrogen (secondary N) is 1. The molecule has 1 aromatic heterocycles. The second kappa shape index (κ2) is 9.78. The number of sulfonamides is 1. The number of hydrogen-bond acceptors (Lipinski definition) is 8. The number of carbonyl (C=O) groups is 1. The van der Waals surface area contributed by atoms with E-state index in [9.17, 15) is 18.5 Å². The highest BCUT2D eigenvalue weighted by Crippen LogP contribution is 2.30. The topological polar surface area (TPSA) is 118 Å². The molecule has 0 saturated carbocycles. The van der Waals surface area contributed by atoms with Gasteiger partial charge in [-0.2, -0.15) is 5.26 Å². The summed E-state index contributed by atoms with van der Waals surface area (Å²) in [4.78, 5) is 15.6. The molecule has 11 heteroatoms. The molecule has 1 N–H and O–H groups in total. The van der Waals surface area contributed by atoms with Gasteiger partial charge >= 0.3 is 5.97 Å². The van der Waals surface area contributed by atoms with E-state index in [0.717, 1.165) is 11.3 Å². The number of anilines is 1. The first-order valence-corrected chi connectivity index (χ1v) is 11.7. The number of carbonyl (C=O) groups excluding carboxylic acids is 1. The zero-order valence-electron chi connectivity index (χ0n) is 16.2. The monoisotopic (exact) mass is 477 g/mol. The van der Waals surface area contributed by atoms with Gasteiger partial charge in [-0.05, 0) is 43.3 Å². The summed E-state index contributed by atoms with van der Waals surface area (Å²) in [6, 6.07) is 12.4. The predicted octanol–water partition coefficient (Wildman–Crippen LogP) is 4.37. The van der Waals surface area contributed by atoms with Crippen molar-refractivity contribution in [3.8, 4) is 17.6 Å². The minimum Gasteiger partial charge on any atom is -0.466 e. The lowest BCUT2D eigenvalue weighted by molar-refractivity contribution is -0.142. The van der Waals surface area contributed by atoms with Crippen LogP contribution in [0.25, 0.3) is 0 Å². The summed E-state index contributed by atoms with van der Waals surface area (Å²) in [5, 5.41) is 11.2. The number of benzene rings is 2. The number of halogens is 1. The maximum Gasteiger partial charge on any atom is 0.311 e. The lowest BCUT2D eigenvalue weighted by Gasteiger charge is -2.09. The molecule has 0 aliphatic rings. The van der Waals surface area contributed by atoms with Gasteiger partial charge in [-0.25, -0.2) is 13.4 Å². The van der Waals surface area contributed by atoms with E-state index < -0.39 is 16.0 Å². The van der Waals surface area contributed by atoms with E-state index in [-0.39, 0.29) is 39.4 Å². The predicted molar refractivity (Wildman–Crippen MR) is 116 cm³/mol. The van der Waals surface area contributed by atoms with Crippen LogP contribution in [0.2, 0.25) is 5.02 Å². The normalized spacial score (nSPS) is 10.9. The first-order valence-electron chi connectivity index (χ1n) is 8.91. The molecule has 1 heterocycles. The summed E-state index contributed by atoms with van der Waals surface area (Å²) in [6.07, 6.45) is -0.0354. The van der Waals surface area contributed by atoms with E-state index in [1.54, 1.807) is 30.5 Å². The van der Waals surface area contributed by atoms with Crippen LogP contribution < -0.4 is 9.46 Å². The van der Waals surface area contributed by atoms with Crippen molar-refractivity contribution in [2.75, 3.05) is 11.3 Å². The molecule has 0 bridgehead atoms. The molecule has 2 aromatic carbocycles. The van der Waals surface area contributed by atoms with Crippen LogP contribution in [0.3, 0.4) is 0 Å². The van der Waals surface area contributed by atoms with Gasteiger partial charge < -0.3 is 9.47 Å². The van der Waals surface area contributed by atoms with Crippen molar-refractivity contribution >= 4 is 44.1 Å². The number of esters is 1. The molecule has 0 aliphatic heterocycles. The van der Waals surface area contributed by atoms with Crippen molar-refractivity contribution in [2.45, 2.75) is 18.2 Å². The molecule has 160 valence electrons. The lowest BCUT2D eigenvalue weighted by atomic mass is 10.2. The Morgan fingerprint density at radius 1 is 1.26 bits per heavy atom. The highest BCUT2D eigenvalue weighted by molar-refractivity contribution is 7.93. The van der Waals surface area contributed by atoms with E-state index in [0.29, 0.717) is 11.4 Å². The largest absolute Gasteiger partial charge is 0.466 e. The fourth-order valence-electron chi connectivity index (χ4n) is 2.48. The van der Waals surface area contributed by atoms with Crippen LogP contribution in [0.4, 0.5) is 5.13 Å². The molecule has 0 radical (unpaired) electrons. The van der Waals surface area contributed by atoms with Crippen LogP contribution in [-0.2, 0) is 26.0 Å². The minimum absolute atomic E-state index is 0.00593. The van der Waals surface area contributed by atoms with Gasteiger partial charge in [0.15, 0.2) is 5.13 Å². The van der Waals surface area contributed by atoms with Gasteiger partial charge in [-0.15, -0.1) is 11.3 Å². The zero-order valence-corrected chi connectivity index (χ0v) is 18.6. The molecule has 3 aromatic rings. The van der Waals surface area contributed by atoms with E-state index in [4.69, 9.17) is 21.1 Å². The Morgan fingerprint density at radius 3 is 2.68 bits per heavy atom. The molecule has 0 amide bonds. The molecule has 0 unspecified atom stereocenters.